The van der Waals surface area contributed by atoms with Gasteiger partial charge in [0.15, 0.2) is 13.1 Å². The number of amides is 2. The van der Waals surface area contributed by atoms with Crippen molar-refractivity contribution < 1.29 is 19.2 Å². The van der Waals surface area contributed by atoms with Gasteiger partial charge in [-0.15, -0.1) is 11.3 Å². The van der Waals surface area contributed by atoms with Crippen molar-refractivity contribution in [1.82, 2.24) is 0 Å². The Balaban J connectivity index is 1.82. The summed E-state index contributed by atoms with van der Waals surface area (Å²) in [5.74, 6) is 0.208. The molecule has 8 heteroatoms. The van der Waals surface area contributed by atoms with Crippen LogP contribution in [0.4, 0.5) is 10.7 Å². The average molecular weight is 359 g/mol. The van der Waals surface area contributed by atoms with E-state index in [4.69, 9.17) is 10.00 Å². The molecule has 0 aliphatic rings. The fourth-order valence-electron chi connectivity index (χ4n) is 2.18. The molecule has 0 aliphatic heterocycles. The lowest BCUT2D eigenvalue weighted by Crippen LogP contribution is -3.11. The number of ether oxygens (including phenoxy) is 1. The third-order valence-electron chi connectivity index (χ3n) is 3.32. The third kappa shape index (κ3) is 5.60. The van der Waals surface area contributed by atoms with Gasteiger partial charge in [-0.05, 0) is 23.6 Å². The fourth-order valence-corrected chi connectivity index (χ4v) is 2.94. The summed E-state index contributed by atoms with van der Waals surface area (Å²) in [7, 11) is 3.31. The lowest BCUT2D eigenvalue weighted by molar-refractivity contribution is -0.862. The van der Waals surface area contributed by atoms with Crippen molar-refractivity contribution in [3.8, 4) is 11.8 Å². The molecule has 130 valence electrons. The zero-order valence-electron chi connectivity index (χ0n) is 14.0. The number of nitrogens with zero attached hydrogens (tertiary/aromatic N) is 1. The van der Waals surface area contributed by atoms with E-state index in [1.165, 1.54) is 11.3 Å². The van der Waals surface area contributed by atoms with Gasteiger partial charge >= 0.3 is 0 Å². The minimum Gasteiger partial charge on any atom is -0.497 e. The van der Waals surface area contributed by atoms with Crippen LogP contribution in [-0.2, 0) is 9.59 Å². The second-order valence-corrected chi connectivity index (χ2v) is 6.33. The molecule has 1 heterocycles. The van der Waals surface area contributed by atoms with Crippen molar-refractivity contribution in [2.45, 2.75) is 0 Å². The standard InChI is InChI=1S/C17H18N4O3S/c1-21(11-16(23)20-17-12(9-18)6-7-25-17)10-15(22)19-13-4-3-5-14(8-13)24-2/h3-8H,10-11H2,1-2H3,(H,19,22)(H,20,23)/p+1. The molecule has 1 atom stereocenters. The largest absolute Gasteiger partial charge is 0.497 e. The second-order valence-electron chi connectivity index (χ2n) is 5.41. The Labute approximate surface area is 149 Å². The van der Waals surface area contributed by atoms with Gasteiger partial charge in [0.2, 0.25) is 0 Å². The first-order valence-corrected chi connectivity index (χ1v) is 8.42. The minimum absolute atomic E-state index is 0.119. The fraction of sp³-hybridized carbons (Fsp3) is 0.235. The maximum atomic E-state index is 12.1. The Morgan fingerprint density at radius 2 is 1.96 bits per heavy atom. The lowest BCUT2D eigenvalue weighted by atomic mass is 10.3. The summed E-state index contributed by atoms with van der Waals surface area (Å²) in [4.78, 5) is 24.8. The molecule has 1 unspecified atom stereocenters. The van der Waals surface area contributed by atoms with Gasteiger partial charge in [0.1, 0.15) is 16.8 Å². The summed E-state index contributed by atoms with van der Waals surface area (Å²) in [6.45, 7) is 0.258. The molecular formula is C17H19N4O3S+. The van der Waals surface area contributed by atoms with Crippen molar-refractivity contribution in [3.05, 3.63) is 41.3 Å². The number of likely N-dealkylation sites (N-methyl/N-ethyl adjacent to an activating group) is 1. The van der Waals surface area contributed by atoms with Gasteiger partial charge in [-0.25, -0.2) is 0 Å². The number of nitrogens with one attached hydrogen (secondary N) is 3. The molecule has 0 bridgehead atoms. The van der Waals surface area contributed by atoms with E-state index in [1.807, 2.05) is 6.07 Å². The quantitative estimate of drug-likeness (QED) is 0.679. The molecule has 0 spiro atoms. The van der Waals surface area contributed by atoms with Gasteiger partial charge in [0.25, 0.3) is 11.8 Å². The van der Waals surface area contributed by atoms with Crippen LogP contribution in [0.1, 0.15) is 5.56 Å². The molecule has 7 nitrogen and oxygen atoms in total. The number of benzene rings is 1. The normalized spacial score (nSPS) is 11.2. The molecular weight excluding hydrogens is 340 g/mol. The molecule has 1 aromatic heterocycles. The molecule has 1 aromatic carbocycles. The van der Waals surface area contributed by atoms with Crippen LogP contribution in [0.15, 0.2) is 35.7 Å². The van der Waals surface area contributed by atoms with Crippen LogP contribution in [0.2, 0.25) is 0 Å². The van der Waals surface area contributed by atoms with Crippen molar-refractivity contribution in [2.24, 2.45) is 0 Å². The number of anilines is 2. The number of thiophene rings is 1. The van der Waals surface area contributed by atoms with E-state index in [2.05, 4.69) is 10.6 Å². The maximum Gasteiger partial charge on any atom is 0.280 e. The topological polar surface area (TPSA) is 95.7 Å². The number of hydrogen-bond acceptors (Lipinski definition) is 5. The van der Waals surface area contributed by atoms with Gasteiger partial charge in [-0.3, -0.25) is 9.59 Å². The van der Waals surface area contributed by atoms with Crippen molar-refractivity contribution in [2.75, 3.05) is 37.9 Å². The van der Waals surface area contributed by atoms with E-state index in [0.717, 1.165) is 4.90 Å². The van der Waals surface area contributed by atoms with Gasteiger partial charge < -0.3 is 20.3 Å². The van der Waals surface area contributed by atoms with Crippen LogP contribution in [-0.4, -0.2) is 39.1 Å². The first-order valence-electron chi connectivity index (χ1n) is 7.54. The van der Waals surface area contributed by atoms with Gasteiger partial charge in [-0.1, -0.05) is 6.07 Å². The molecule has 2 rings (SSSR count). The van der Waals surface area contributed by atoms with Crippen molar-refractivity contribution in [3.63, 3.8) is 0 Å². The highest BCUT2D eigenvalue weighted by atomic mass is 32.1. The van der Waals surface area contributed by atoms with E-state index in [-0.39, 0.29) is 24.9 Å². The number of carbonyl (C=O) groups is 2. The first kappa shape index (κ1) is 18.4. The van der Waals surface area contributed by atoms with Crippen LogP contribution in [0, 0.1) is 11.3 Å². The summed E-state index contributed by atoms with van der Waals surface area (Å²) in [6, 6.07) is 10.7. The lowest BCUT2D eigenvalue weighted by Gasteiger charge is -2.13. The average Bonchev–Trinajstić information content (AvgIpc) is 3.01. The number of methoxy groups -OCH3 is 1. The van der Waals surface area contributed by atoms with Gasteiger partial charge in [-0.2, -0.15) is 5.26 Å². The van der Waals surface area contributed by atoms with Crippen LogP contribution in [0.5, 0.6) is 5.75 Å². The molecule has 0 aliphatic carbocycles. The molecule has 2 amide bonds. The summed E-state index contributed by atoms with van der Waals surface area (Å²) in [5.41, 5.74) is 1.07. The highest BCUT2D eigenvalue weighted by Gasteiger charge is 2.16. The molecule has 25 heavy (non-hydrogen) atoms. The van der Waals surface area contributed by atoms with Gasteiger partial charge in [0, 0.05) is 11.8 Å². The molecule has 0 radical (unpaired) electrons. The van der Waals surface area contributed by atoms with E-state index in [0.29, 0.717) is 22.0 Å². The van der Waals surface area contributed by atoms with E-state index in [9.17, 15) is 9.59 Å². The monoisotopic (exact) mass is 359 g/mol. The highest BCUT2D eigenvalue weighted by Crippen LogP contribution is 2.21. The maximum absolute atomic E-state index is 12.1. The number of quaternary nitrogens is 1. The second kappa shape index (κ2) is 8.82. The number of hydrogen-bond donors (Lipinski definition) is 3. The van der Waals surface area contributed by atoms with Crippen LogP contribution in [0.25, 0.3) is 0 Å². The predicted molar refractivity (Wildman–Crippen MR) is 95.9 cm³/mol. The predicted octanol–water partition coefficient (Wildman–Crippen LogP) is 0.720. The number of nitriles is 1. The zero-order chi connectivity index (χ0) is 18.2. The highest BCUT2D eigenvalue weighted by molar-refractivity contribution is 7.14. The van der Waals surface area contributed by atoms with Crippen molar-refractivity contribution in [1.29, 1.82) is 5.26 Å². The molecule has 2 aromatic rings. The Bertz CT molecular complexity index is 797. The first-order chi connectivity index (χ1) is 12.0. The van der Waals surface area contributed by atoms with Crippen LogP contribution < -0.4 is 20.3 Å². The molecule has 0 saturated carbocycles. The Hall–Kier alpha value is -2.89. The summed E-state index contributed by atoms with van der Waals surface area (Å²) >= 11 is 1.29. The molecule has 0 saturated heterocycles. The minimum atomic E-state index is -0.245. The summed E-state index contributed by atoms with van der Waals surface area (Å²) in [5, 5.41) is 16.7. The van der Waals surface area contributed by atoms with Gasteiger partial charge in [0.05, 0.1) is 19.7 Å². The third-order valence-corrected chi connectivity index (χ3v) is 4.15. The number of carbonyl (C=O) groups excluding carboxylic acids is 2. The Morgan fingerprint density at radius 3 is 2.64 bits per heavy atom. The van der Waals surface area contributed by atoms with Crippen LogP contribution in [0.3, 0.4) is 0 Å². The van der Waals surface area contributed by atoms with Crippen LogP contribution >= 0.6 is 11.3 Å². The number of rotatable bonds is 7. The summed E-state index contributed by atoms with van der Waals surface area (Å²) in [6.07, 6.45) is 0. The molecule has 3 N–H and O–H groups in total. The van der Waals surface area contributed by atoms with Crippen molar-refractivity contribution >= 4 is 33.8 Å². The van der Waals surface area contributed by atoms with E-state index < -0.39 is 0 Å². The molecule has 0 fully saturated rings. The SMILES string of the molecule is COc1cccc(NC(=O)C[NH+](C)CC(=O)Nc2sccc2C#N)c1. The smallest absolute Gasteiger partial charge is 0.280 e. The van der Waals surface area contributed by atoms with E-state index in [1.54, 1.807) is 49.9 Å². The Kier molecular flexibility index (Phi) is 6.51. The Morgan fingerprint density at radius 1 is 1.24 bits per heavy atom. The van der Waals surface area contributed by atoms with E-state index >= 15 is 0 Å². The zero-order valence-corrected chi connectivity index (χ0v) is 14.8. The summed E-state index contributed by atoms with van der Waals surface area (Å²) < 4.78 is 5.11.